The molecule has 2 aromatic carbocycles. The Hall–Kier alpha value is -3.61. The number of ether oxygens (including phenoxy) is 1. The first-order chi connectivity index (χ1) is 14.5. The number of carbonyl (C=O) groups is 2. The fourth-order valence-electron chi connectivity index (χ4n) is 3.82. The normalized spacial score (nSPS) is 13.5. The van der Waals surface area contributed by atoms with Crippen molar-refractivity contribution in [3.05, 3.63) is 65.4 Å². The van der Waals surface area contributed by atoms with E-state index in [0.29, 0.717) is 41.3 Å². The topological polar surface area (TPSA) is 112 Å². The number of primary amides is 1. The quantitative estimate of drug-likeness (QED) is 0.656. The SMILES string of the molecule is NC(=O)c1ccc(C(=O)N2CCCC2)cc1CCOc1ccc2ccnc(N)c2c1. The summed E-state index contributed by atoms with van der Waals surface area (Å²) in [5, 5.41) is 1.81. The molecule has 0 radical (unpaired) electrons. The van der Waals surface area contributed by atoms with Crippen molar-refractivity contribution in [2.45, 2.75) is 19.3 Å². The molecule has 1 aliphatic heterocycles. The van der Waals surface area contributed by atoms with Crippen molar-refractivity contribution in [2.75, 3.05) is 25.4 Å². The number of hydrogen-bond donors (Lipinski definition) is 2. The summed E-state index contributed by atoms with van der Waals surface area (Å²) in [5.74, 6) is 0.576. The molecule has 0 spiro atoms. The molecule has 0 aliphatic carbocycles. The smallest absolute Gasteiger partial charge is 0.253 e. The van der Waals surface area contributed by atoms with Crippen LogP contribution in [0.15, 0.2) is 48.7 Å². The summed E-state index contributed by atoms with van der Waals surface area (Å²) < 4.78 is 5.88. The predicted octanol–water partition coefficient (Wildman–Crippen LogP) is 2.77. The van der Waals surface area contributed by atoms with Crippen LogP contribution in [0.2, 0.25) is 0 Å². The molecule has 1 aliphatic rings. The molecular weight excluding hydrogens is 380 g/mol. The van der Waals surface area contributed by atoms with E-state index in [1.807, 2.05) is 29.2 Å². The van der Waals surface area contributed by atoms with E-state index in [1.165, 1.54) is 0 Å². The summed E-state index contributed by atoms with van der Waals surface area (Å²) in [5.41, 5.74) is 13.1. The highest BCUT2D eigenvalue weighted by Crippen LogP contribution is 2.24. The molecule has 0 saturated carbocycles. The average Bonchev–Trinajstić information content (AvgIpc) is 3.28. The molecule has 7 heteroatoms. The third kappa shape index (κ3) is 4.05. The molecule has 1 aromatic heterocycles. The summed E-state index contributed by atoms with van der Waals surface area (Å²) in [6.07, 6.45) is 4.16. The monoisotopic (exact) mass is 404 g/mol. The van der Waals surface area contributed by atoms with Gasteiger partial charge in [0.1, 0.15) is 11.6 Å². The molecule has 0 unspecified atom stereocenters. The molecule has 1 saturated heterocycles. The number of nitrogens with two attached hydrogens (primary N) is 2. The fourth-order valence-corrected chi connectivity index (χ4v) is 3.82. The molecule has 0 atom stereocenters. The minimum Gasteiger partial charge on any atom is -0.493 e. The maximum atomic E-state index is 12.7. The number of carbonyl (C=O) groups excluding carboxylic acids is 2. The van der Waals surface area contributed by atoms with Gasteiger partial charge in [-0.25, -0.2) is 4.98 Å². The van der Waals surface area contributed by atoms with Gasteiger partial charge in [0.15, 0.2) is 0 Å². The van der Waals surface area contributed by atoms with Gasteiger partial charge >= 0.3 is 0 Å². The Morgan fingerprint density at radius 2 is 1.87 bits per heavy atom. The zero-order valence-electron chi connectivity index (χ0n) is 16.6. The second-order valence-corrected chi connectivity index (χ2v) is 7.41. The highest BCUT2D eigenvalue weighted by molar-refractivity contribution is 5.98. The van der Waals surface area contributed by atoms with Gasteiger partial charge in [0, 0.05) is 42.2 Å². The Morgan fingerprint density at radius 1 is 1.07 bits per heavy atom. The maximum Gasteiger partial charge on any atom is 0.253 e. The number of amides is 2. The Kier molecular flexibility index (Phi) is 5.52. The molecule has 2 amide bonds. The van der Waals surface area contributed by atoms with Crippen LogP contribution in [0.3, 0.4) is 0 Å². The second-order valence-electron chi connectivity index (χ2n) is 7.41. The Morgan fingerprint density at radius 3 is 2.63 bits per heavy atom. The van der Waals surface area contributed by atoms with Crippen molar-refractivity contribution < 1.29 is 14.3 Å². The minimum absolute atomic E-state index is 0.0109. The largest absolute Gasteiger partial charge is 0.493 e. The van der Waals surface area contributed by atoms with Crippen LogP contribution < -0.4 is 16.2 Å². The number of nitrogen functional groups attached to an aromatic ring is 1. The minimum atomic E-state index is -0.519. The first-order valence-electron chi connectivity index (χ1n) is 10.0. The number of fused-ring (bicyclic) bond motifs is 1. The predicted molar refractivity (Wildman–Crippen MR) is 115 cm³/mol. The summed E-state index contributed by atoms with van der Waals surface area (Å²) in [6.45, 7) is 1.87. The Bertz CT molecular complexity index is 1110. The number of benzene rings is 2. The van der Waals surface area contributed by atoms with Gasteiger partial charge in [-0.15, -0.1) is 0 Å². The van der Waals surface area contributed by atoms with Crippen LogP contribution in [0.1, 0.15) is 39.1 Å². The number of anilines is 1. The summed E-state index contributed by atoms with van der Waals surface area (Å²) in [6, 6.07) is 12.6. The molecular formula is C23H24N4O3. The number of rotatable bonds is 6. The summed E-state index contributed by atoms with van der Waals surface area (Å²) in [7, 11) is 0. The molecule has 0 bridgehead atoms. The molecule has 30 heavy (non-hydrogen) atoms. The van der Waals surface area contributed by atoms with Crippen molar-refractivity contribution in [2.24, 2.45) is 5.73 Å². The number of pyridine rings is 1. The average molecular weight is 404 g/mol. The van der Waals surface area contributed by atoms with Crippen LogP contribution >= 0.6 is 0 Å². The molecule has 7 nitrogen and oxygen atoms in total. The van der Waals surface area contributed by atoms with Gasteiger partial charge < -0.3 is 21.1 Å². The van der Waals surface area contributed by atoms with Gasteiger partial charge in [0.25, 0.3) is 5.91 Å². The van der Waals surface area contributed by atoms with Gasteiger partial charge in [0.05, 0.1) is 6.61 Å². The van der Waals surface area contributed by atoms with Gasteiger partial charge in [-0.05, 0) is 60.2 Å². The van der Waals surface area contributed by atoms with E-state index in [-0.39, 0.29) is 5.91 Å². The number of aromatic nitrogens is 1. The van der Waals surface area contributed by atoms with Gasteiger partial charge in [-0.3, -0.25) is 9.59 Å². The zero-order valence-corrected chi connectivity index (χ0v) is 16.6. The Labute approximate surface area is 174 Å². The first-order valence-corrected chi connectivity index (χ1v) is 10.0. The third-order valence-corrected chi connectivity index (χ3v) is 5.42. The van der Waals surface area contributed by atoms with Gasteiger partial charge in [-0.1, -0.05) is 6.07 Å². The van der Waals surface area contributed by atoms with Crippen LogP contribution in [0.4, 0.5) is 5.82 Å². The molecule has 4 rings (SSSR count). The third-order valence-electron chi connectivity index (χ3n) is 5.42. The Balaban J connectivity index is 1.50. The first kappa shape index (κ1) is 19.7. The van der Waals surface area contributed by atoms with Crippen LogP contribution in [-0.4, -0.2) is 41.4 Å². The lowest BCUT2D eigenvalue weighted by molar-refractivity contribution is 0.0792. The van der Waals surface area contributed by atoms with E-state index in [0.717, 1.165) is 36.7 Å². The number of likely N-dealkylation sites (tertiary alicyclic amines) is 1. The van der Waals surface area contributed by atoms with E-state index in [9.17, 15) is 9.59 Å². The lowest BCUT2D eigenvalue weighted by Crippen LogP contribution is -2.28. The summed E-state index contributed by atoms with van der Waals surface area (Å²) in [4.78, 5) is 30.5. The van der Waals surface area contributed by atoms with Crippen LogP contribution in [0, 0.1) is 0 Å². The van der Waals surface area contributed by atoms with E-state index < -0.39 is 5.91 Å². The molecule has 3 aromatic rings. The van der Waals surface area contributed by atoms with E-state index in [1.54, 1.807) is 24.4 Å². The highest BCUT2D eigenvalue weighted by Gasteiger charge is 2.21. The van der Waals surface area contributed by atoms with Crippen molar-refractivity contribution >= 4 is 28.4 Å². The molecule has 1 fully saturated rings. The second kappa shape index (κ2) is 8.41. The van der Waals surface area contributed by atoms with E-state index >= 15 is 0 Å². The summed E-state index contributed by atoms with van der Waals surface area (Å²) >= 11 is 0. The van der Waals surface area contributed by atoms with Crippen molar-refractivity contribution in [3.63, 3.8) is 0 Å². The van der Waals surface area contributed by atoms with Crippen molar-refractivity contribution in [1.82, 2.24) is 9.88 Å². The zero-order chi connectivity index (χ0) is 21.1. The number of hydrogen-bond acceptors (Lipinski definition) is 5. The van der Waals surface area contributed by atoms with Crippen LogP contribution in [-0.2, 0) is 6.42 Å². The van der Waals surface area contributed by atoms with E-state index in [2.05, 4.69) is 4.98 Å². The number of nitrogens with zero attached hydrogens (tertiary/aromatic N) is 2. The lowest BCUT2D eigenvalue weighted by atomic mass is 10.0. The lowest BCUT2D eigenvalue weighted by Gasteiger charge is -2.17. The maximum absolute atomic E-state index is 12.7. The van der Waals surface area contributed by atoms with Gasteiger partial charge in [0.2, 0.25) is 5.91 Å². The molecule has 154 valence electrons. The molecule has 2 heterocycles. The highest BCUT2D eigenvalue weighted by atomic mass is 16.5. The fraction of sp³-hybridized carbons (Fsp3) is 0.261. The van der Waals surface area contributed by atoms with Crippen molar-refractivity contribution in [1.29, 1.82) is 0 Å². The van der Waals surface area contributed by atoms with Crippen LogP contribution in [0.5, 0.6) is 5.75 Å². The van der Waals surface area contributed by atoms with Crippen molar-refractivity contribution in [3.8, 4) is 5.75 Å². The van der Waals surface area contributed by atoms with Crippen LogP contribution in [0.25, 0.3) is 10.8 Å². The standard InChI is InChI=1S/C23H24N4O3/c24-21-20-14-18(5-3-15(20)7-9-26-21)30-12-8-16-13-17(4-6-19(16)22(25)28)23(29)27-10-1-2-11-27/h3-7,9,13-14H,1-2,8,10-12H2,(H2,24,26)(H2,25,28). The van der Waals surface area contributed by atoms with Gasteiger partial charge in [-0.2, -0.15) is 0 Å². The van der Waals surface area contributed by atoms with E-state index in [4.69, 9.17) is 16.2 Å². The molecule has 4 N–H and O–H groups in total.